The maximum atomic E-state index is 13.5. The zero-order valence-electron chi connectivity index (χ0n) is 19.9. The predicted octanol–water partition coefficient (Wildman–Crippen LogP) is 3.79. The van der Waals surface area contributed by atoms with E-state index >= 15 is 0 Å². The van der Waals surface area contributed by atoms with Crippen LogP contribution in [-0.4, -0.2) is 34.6 Å². The van der Waals surface area contributed by atoms with E-state index in [1.54, 1.807) is 0 Å². The molecule has 1 amide bonds. The quantitative estimate of drug-likeness (QED) is 0.472. The summed E-state index contributed by atoms with van der Waals surface area (Å²) in [5.41, 5.74) is 3.16. The standard InChI is InChI=1S/C27H30N2O5S/c1-33-25-16-15-21(18-26(25)34-2)35(31,32)29-24(17-19-9-4-3-5-10-19)27(30)28-23-14-8-12-20-11-6-7-13-22(20)23/h3-7,9-11,13,15-16,18,23-24,29H,8,12,14,17H2,1-2H3,(H,28,30)/t23-,24+/m1/s1. The average molecular weight is 495 g/mol. The van der Waals surface area contributed by atoms with Crippen molar-refractivity contribution in [1.29, 1.82) is 0 Å². The number of benzene rings is 3. The van der Waals surface area contributed by atoms with Crippen LogP contribution in [0.1, 0.15) is 35.6 Å². The highest BCUT2D eigenvalue weighted by molar-refractivity contribution is 7.89. The molecule has 0 heterocycles. The third-order valence-electron chi connectivity index (χ3n) is 6.25. The molecule has 1 aliphatic carbocycles. The van der Waals surface area contributed by atoms with Gasteiger partial charge in [0.1, 0.15) is 6.04 Å². The van der Waals surface area contributed by atoms with Crippen LogP contribution in [0.3, 0.4) is 0 Å². The first-order valence-electron chi connectivity index (χ1n) is 11.6. The summed E-state index contributed by atoms with van der Waals surface area (Å²) in [5, 5.41) is 3.10. The molecule has 0 saturated heterocycles. The first kappa shape index (κ1) is 24.8. The molecular formula is C27H30N2O5S. The first-order chi connectivity index (χ1) is 16.9. The molecule has 0 spiro atoms. The largest absolute Gasteiger partial charge is 0.493 e. The van der Waals surface area contributed by atoms with E-state index in [1.807, 2.05) is 48.5 Å². The Morgan fingerprint density at radius 2 is 1.69 bits per heavy atom. The minimum Gasteiger partial charge on any atom is -0.493 e. The van der Waals surface area contributed by atoms with Crippen molar-refractivity contribution in [3.8, 4) is 11.5 Å². The normalized spacial score (nSPS) is 16.1. The van der Waals surface area contributed by atoms with Crippen LogP contribution in [0.15, 0.2) is 77.7 Å². The van der Waals surface area contributed by atoms with Crippen LogP contribution in [0.25, 0.3) is 0 Å². The third kappa shape index (κ3) is 5.83. The van der Waals surface area contributed by atoms with Crippen molar-refractivity contribution in [2.24, 2.45) is 0 Å². The monoisotopic (exact) mass is 494 g/mol. The number of amides is 1. The van der Waals surface area contributed by atoms with Gasteiger partial charge >= 0.3 is 0 Å². The Balaban J connectivity index is 1.60. The van der Waals surface area contributed by atoms with E-state index in [9.17, 15) is 13.2 Å². The lowest BCUT2D eigenvalue weighted by molar-refractivity contribution is -0.123. The molecule has 0 fully saturated rings. The molecule has 0 saturated carbocycles. The number of sulfonamides is 1. The Kier molecular flexibility index (Phi) is 7.73. The van der Waals surface area contributed by atoms with Crippen molar-refractivity contribution in [3.05, 3.63) is 89.5 Å². The zero-order valence-corrected chi connectivity index (χ0v) is 20.7. The number of aryl methyl sites for hydroxylation is 1. The van der Waals surface area contributed by atoms with Crippen LogP contribution >= 0.6 is 0 Å². The smallest absolute Gasteiger partial charge is 0.241 e. The van der Waals surface area contributed by atoms with E-state index < -0.39 is 16.1 Å². The average Bonchev–Trinajstić information content (AvgIpc) is 2.88. The van der Waals surface area contributed by atoms with Gasteiger partial charge in [0.15, 0.2) is 11.5 Å². The number of carbonyl (C=O) groups is 1. The number of fused-ring (bicyclic) bond motifs is 1. The van der Waals surface area contributed by atoms with Crippen molar-refractivity contribution >= 4 is 15.9 Å². The summed E-state index contributed by atoms with van der Waals surface area (Å²) in [6.07, 6.45) is 2.96. The van der Waals surface area contributed by atoms with E-state index in [0.29, 0.717) is 11.5 Å². The fourth-order valence-electron chi connectivity index (χ4n) is 4.45. The molecule has 184 valence electrons. The topological polar surface area (TPSA) is 93.7 Å². The Morgan fingerprint density at radius 1 is 0.971 bits per heavy atom. The van der Waals surface area contributed by atoms with Crippen LogP contribution in [0.5, 0.6) is 11.5 Å². The summed E-state index contributed by atoms with van der Waals surface area (Å²) in [5.74, 6) is 0.346. The van der Waals surface area contributed by atoms with Gasteiger partial charge in [0.25, 0.3) is 0 Å². The van der Waals surface area contributed by atoms with Gasteiger partial charge in [-0.1, -0.05) is 54.6 Å². The van der Waals surface area contributed by atoms with E-state index in [0.717, 1.165) is 30.4 Å². The molecule has 3 aromatic rings. The summed E-state index contributed by atoms with van der Waals surface area (Å²) < 4.78 is 39.7. The number of hydrogen-bond acceptors (Lipinski definition) is 5. The summed E-state index contributed by atoms with van der Waals surface area (Å²) in [6.45, 7) is 0. The lowest BCUT2D eigenvalue weighted by Gasteiger charge is -2.28. The Morgan fingerprint density at radius 3 is 2.43 bits per heavy atom. The van der Waals surface area contributed by atoms with Gasteiger partial charge in [0, 0.05) is 6.07 Å². The Hall–Kier alpha value is -3.36. The third-order valence-corrected chi connectivity index (χ3v) is 7.72. The maximum absolute atomic E-state index is 13.5. The van der Waals surface area contributed by atoms with Gasteiger partial charge in [-0.3, -0.25) is 4.79 Å². The highest BCUT2D eigenvalue weighted by Crippen LogP contribution is 2.31. The number of methoxy groups -OCH3 is 2. The number of nitrogens with one attached hydrogen (secondary N) is 2. The van der Waals surface area contributed by atoms with Gasteiger partial charge in [0.05, 0.1) is 25.2 Å². The molecule has 3 aromatic carbocycles. The fourth-order valence-corrected chi connectivity index (χ4v) is 5.66. The molecule has 0 unspecified atom stereocenters. The van der Waals surface area contributed by atoms with Gasteiger partial charge in [-0.05, 0) is 54.5 Å². The lowest BCUT2D eigenvalue weighted by Crippen LogP contribution is -2.49. The van der Waals surface area contributed by atoms with Crippen molar-refractivity contribution < 1.29 is 22.7 Å². The summed E-state index contributed by atoms with van der Waals surface area (Å²) >= 11 is 0. The number of rotatable bonds is 9. The van der Waals surface area contributed by atoms with Crippen molar-refractivity contribution in [2.75, 3.05) is 14.2 Å². The maximum Gasteiger partial charge on any atom is 0.241 e. The highest BCUT2D eigenvalue weighted by Gasteiger charge is 2.30. The molecule has 0 aromatic heterocycles. The Bertz CT molecular complexity index is 1280. The lowest BCUT2D eigenvalue weighted by atomic mass is 9.87. The summed E-state index contributed by atoms with van der Waals surface area (Å²) in [7, 11) is -1.11. The van der Waals surface area contributed by atoms with E-state index in [2.05, 4.69) is 16.1 Å². The van der Waals surface area contributed by atoms with Crippen LogP contribution in [0.4, 0.5) is 0 Å². The van der Waals surface area contributed by atoms with Gasteiger partial charge in [-0.15, -0.1) is 0 Å². The van der Waals surface area contributed by atoms with E-state index in [1.165, 1.54) is 38.0 Å². The molecule has 4 rings (SSSR count). The minimum absolute atomic E-state index is 0.0102. The van der Waals surface area contributed by atoms with Crippen LogP contribution in [0, 0.1) is 0 Å². The minimum atomic E-state index is -4.03. The molecule has 2 atom stereocenters. The Labute approximate surface area is 206 Å². The van der Waals surface area contributed by atoms with Crippen LogP contribution in [0.2, 0.25) is 0 Å². The summed E-state index contributed by atoms with van der Waals surface area (Å²) in [4.78, 5) is 13.5. The second kappa shape index (κ2) is 10.9. The van der Waals surface area contributed by atoms with Crippen molar-refractivity contribution in [1.82, 2.24) is 10.0 Å². The first-order valence-corrected chi connectivity index (χ1v) is 13.1. The molecule has 0 radical (unpaired) electrons. The van der Waals surface area contributed by atoms with Crippen molar-refractivity contribution in [3.63, 3.8) is 0 Å². The highest BCUT2D eigenvalue weighted by atomic mass is 32.2. The molecule has 8 heteroatoms. The molecule has 35 heavy (non-hydrogen) atoms. The van der Waals surface area contributed by atoms with Gasteiger partial charge in [-0.2, -0.15) is 4.72 Å². The second-order valence-electron chi connectivity index (χ2n) is 8.53. The predicted molar refractivity (Wildman–Crippen MR) is 134 cm³/mol. The van der Waals surface area contributed by atoms with Gasteiger partial charge in [-0.25, -0.2) is 8.42 Å². The molecule has 2 N–H and O–H groups in total. The molecule has 1 aliphatic rings. The van der Waals surface area contributed by atoms with Gasteiger partial charge < -0.3 is 14.8 Å². The molecule has 0 bridgehead atoms. The van der Waals surface area contributed by atoms with Crippen molar-refractivity contribution in [2.45, 2.75) is 42.7 Å². The number of hydrogen-bond donors (Lipinski definition) is 2. The number of ether oxygens (including phenoxy) is 2. The van der Waals surface area contributed by atoms with Gasteiger partial charge in [0.2, 0.25) is 15.9 Å². The molecule has 0 aliphatic heterocycles. The van der Waals surface area contributed by atoms with E-state index in [4.69, 9.17) is 9.47 Å². The van der Waals surface area contributed by atoms with E-state index in [-0.39, 0.29) is 23.3 Å². The van der Waals surface area contributed by atoms with Crippen LogP contribution < -0.4 is 19.5 Å². The van der Waals surface area contributed by atoms with Crippen LogP contribution in [-0.2, 0) is 27.7 Å². The zero-order chi connectivity index (χ0) is 24.8. The fraction of sp³-hybridized carbons (Fsp3) is 0.296. The molecule has 7 nitrogen and oxygen atoms in total. The number of carbonyl (C=O) groups excluding carboxylic acids is 1. The molecular weight excluding hydrogens is 464 g/mol. The SMILES string of the molecule is COc1ccc(S(=O)(=O)N[C@@H](Cc2ccccc2)C(=O)N[C@@H]2CCCc3ccccc32)cc1OC. The second-order valence-corrected chi connectivity index (χ2v) is 10.2. The summed E-state index contributed by atoms with van der Waals surface area (Å²) in [6, 6.07) is 20.6.